The molecule has 0 spiro atoms. The Morgan fingerprint density at radius 2 is 1.88 bits per heavy atom. The molecule has 24 heavy (non-hydrogen) atoms. The summed E-state index contributed by atoms with van der Waals surface area (Å²) < 4.78 is 0. The van der Waals surface area contributed by atoms with Crippen LogP contribution < -0.4 is 5.73 Å². The van der Waals surface area contributed by atoms with Crippen LogP contribution in [0.2, 0.25) is 0 Å². The predicted molar refractivity (Wildman–Crippen MR) is 91.1 cm³/mol. The highest BCUT2D eigenvalue weighted by Gasteiger charge is 2.19. The standard InChI is InChI=1S/C18H18N4O2/c19-16(23)9-10-22(12-13-5-2-1-3-6-13)18(24)15-8-4-7-14-11-20-21-17(14)15/h1-8,11H,9-10,12H2,(H2,19,23)(H,20,21). The van der Waals surface area contributed by atoms with E-state index in [1.54, 1.807) is 17.2 Å². The van der Waals surface area contributed by atoms with Gasteiger partial charge in [0.05, 0.1) is 17.3 Å². The molecule has 3 rings (SSSR count). The number of hydrogen-bond acceptors (Lipinski definition) is 3. The molecule has 0 aliphatic heterocycles. The fraction of sp³-hybridized carbons (Fsp3) is 0.167. The van der Waals surface area contributed by atoms with Gasteiger partial charge in [0.2, 0.25) is 5.91 Å². The summed E-state index contributed by atoms with van der Waals surface area (Å²) in [5.74, 6) is -0.587. The molecular formula is C18H18N4O2. The summed E-state index contributed by atoms with van der Waals surface area (Å²) in [5.41, 5.74) is 7.47. The molecule has 0 aliphatic rings. The van der Waals surface area contributed by atoms with E-state index in [1.165, 1.54) is 0 Å². The van der Waals surface area contributed by atoms with Gasteiger partial charge in [-0.25, -0.2) is 0 Å². The summed E-state index contributed by atoms with van der Waals surface area (Å²) in [6, 6.07) is 15.1. The maximum atomic E-state index is 13.0. The second-order valence-corrected chi connectivity index (χ2v) is 5.57. The molecule has 3 aromatic rings. The average Bonchev–Trinajstić information content (AvgIpc) is 3.07. The highest BCUT2D eigenvalue weighted by Crippen LogP contribution is 2.19. The van der Waals surface area contributed by atoms with Crippen molar-refractivity contribution in [3.05, 3.63) is 65.9 Å². The van der Waals surface area contributed by atoms with E-state index in [0.29, 0.717) is 17.6 Å². The molecule has 2 aromatic carbocycles. The number of benzene rings is 2. The second-order valence-electron chi connectivity index (χ2n) is 5.57. The SMILES string of the molecule is NC(=O)CCN(Cc1ccccc1)C(=O)c1cccc2cn[nH]c12. The number of aromatic nitrogens is 2. The number of rotatable bonds is 6. The van der Waals surface area contributed by atoms with E-state index < -0.39 is 5.91 Å². The number of amides is 2. The molecular weight excluding hydrogens is 304 g/mol. The van der Waals surface area contributed by atoms with Gasteiger partial charge in [0, 0.05) is 24.9 Å². The van der Waals surface area contributed by atoms with Gasteiger partial charge in [0.25, 0.3) is 5.91 Å². The number of hydrogen-bond donors (Lipinski definition) is 2. The van der Waals surface area contributed by atoms with Gasteiger partial charge >= 0.3 is 0 Å². The fourth-order valence-corrected chi connectivity index (χ4v) is 2.62. The molecule has 0 atom stereocenters. The molecule has 0 aliphatic carbocycles. The lowest BCUT2D eigenvalue weighted by molar-refractivity contribution is -0.118. The normalized spacial score (nSPS) is 10.7. The van der Waals surface area contributed by atoms with Gasteiger partial charge < -0.3 is 10.6 Å². The van der Waals surface area contributed by atoms with Gasteiger partial charge in [-0.05, 0) is 11.6 Å². The molecule has 6 nitrogen and oxygen atoms in total. The van der Waals surface area contributed by atoms with Crippen molar-refractivity contribution < 1.29 is 9.59 Å². The first-order valence-electron chi connectivity index (χ1n) is 7.69. The average molecular weight is 322 g/mol. The number of fused-ring (bicyclic) bond motifs is 1. The summed E-state index contributed by atoms with van der Waals surface area (Å²) in [4.78, 5) is 25.8. The molecule has 0 saturated carbocycles. The van der Waals surface area contributed by atoms with Gasteiger partial charge in [0.15, 0.2) is 0 Å². The lowest BCUT2D eigenvalue weighted by Crippen LogP contribution is -2.33. The highest BCUT2D eigenvalue weighted by atomic mass is 16.2. The maximum Gasteiger partial charge on any atom is 0.256 e. The first-order chi connectivity index (χ1) is 11.6. The molecule has 1 heterocycles. The van der Waals surface area contributed by atoms with Crippen LogP contribution in [0, 0.1) is 0 Å². The van der Waals surface area contributed by atoms with E-state index in [1.807, 2.05) is 42.5 Å². The molecule has 0 radical (unpaired) electrons. The summed E-state index contributed by atoms with van der Waals surface area (Å²) in [6.07, 6.45) is 1.80. The smallest absolute Gasteiger partial charge is 0.256 e. The van der Waals surface area contributed by atoms with Crippen LogP contribution in [0.1, 0.15) is 22.3 Å². The molecule has 6 heteroatoms. The van der Waals surface area contributed by atoms with E-state index in [2.05, 4.69) is 10.2 Å². The van der Waals surface area contributed by atoms with E-state index in [4.69, 9.17) is 5.73 Å². The lowest BCUT2D eigenvalue weighted by Gasteiger charge is -2.22. The molecule has 1 aromatic heterocycles. The van der Waals surface area contributed by atoms with Crippen molar-refractivity contribution in [1.82, 2.24) is 15.1 Å². The third-order valence-electron chi connectivity index (χ3n) is 3.84. The Bertz CT molecular complexity index is 858. The Morgan fingerprint density at radius 1 is 1.08 bits per heavy atom. The summed E-state index contributed by atoms with van der Waals surface area (Å²) in [7, 11) is 0. The topological polar surface area (TPSA) is 92.1 Å². The Labute approximate surface area is 139 Å². The first-order valence-corrected chi connectivity index (χ1v) is 7.69. The van der Waals surface area contributed by atoms with Crippen molar-refractivity contribution in [2.75, 3.05) is 6.54 Å². The zero-order valence-corrected chi connectivity index (χ0v) is 13.1. The van der Waals surface area contributed by atoms with Gasteiger partial charge in [-0.3, -0.25) is 14.7 Å². The van der Waals surface area contributed by atoms with Crippen molar-refractivity contribution >= 4 is 22.7 Å². The van der Waals surface area contributed by atoms with Crippen molar-refractivity contribution in [3.8, 4) is 0 Å². The van der Waals surface area contributed by atoms with Crippen LogP contribution in [0.3, 0.4) is 0 Å². The number of carbonyl (C=O) groups is 2. The largest absolute Gasteiger partial charge is 0.370 e. The van der Waals surface area contributed by atoms with Crippen LogP contribution in [-0.2, 0) is 11.3 Å². The van der Waals surface area contributed by atoms with E-state index >= 15 is 0 Å². The fourth-order valence-electron chi connectivity index (χ4n) is 2.62. The Hall–Kier alpha value is -3.15. The Kier molecular flexibility index (Phi) is 4.56. The number of nitrogens with two attached hydrogens (primary N) is 1. The van der Waals surface area contributed by atoms with Gasteiger partial charge in [0.1, 0.15) is 0 Å². The Balaban J connectivity index is 1.90. The van der Waals surface area contributed by atoms with Crippen LogP contribution >= 0.6 is 0 Å². The Morgan fingerprint density at radius 3 is 2.62 bits per heavy atom. The third kappa shape index (κ3) is 3.43. The summed E-state index contributed by atoms with van der Waals surface area (Å²) in [6.45, 7) is 0.686. The number of H-pyrrole nitrogens is 1. The zero-order chi connectivity index (χ0) is 16.9. The zero-order valence-electron chi connectivity index (χ0n) is 13.1. The third-order valence-corrected chi connectivity index (χ3v) is 3.84. The summed E-state index contributed by atoms with van der Waals surface area (Å²) >= 11 is 0. The van der Waals surface area contributed by atoms with Crippen LogP contribution in [0.25, 0.3) is 10.9 Å². The van der Waals surface area contributed by atoms with Crippen molar-refractivity contribution in [2.24, 2.45) is 5.73 Å². The van der Waals surface area contributed by atoms with Crippen LogP contribution in [-0.4, -0.2) is 33.5 Å². The van der Waals surface area contributed by atoms with Crippen molar-refractivity contribution in [2.45, 2.75) is 13.0 Å². The van der Waals surface area contributed by atoms with Crippen molar-refractivity contribution in [3.63, 3.8) is 0 Å². The van der Waals surface area contributed by atoms with Crippen molar-refractivity contribution in [1.29, 1.82) is 0 Å². The maximum absolute atomic E-state index is 13.0. The predicted octanol–water partition coefficient (Wildman–Crippen LogP) is 2.08. The number of para-hydroxylation sites is 1. The van der Waals surface area contributed by atoms with E-state index in [9.17, 15) is 9.59 Å². The van der Waals surface area contributed by atoms with Gasteiger partial charge in [-0.15, -0.1) is 0 Å². The number of primary amides is 1. The van der Waals surface area contributed by atoms with Crippen LogP contribution in [0.5, 0.6) is 0 Å². The minimum Gasteiger partial charge on any atom is -0.370 e. The summed E-state index contributed by atoms with van der Waals surface area (Å²) in [5, 5.41) is 7.73. The monoisotopic (exact) mass is 322 g/mol. The highest BCUT2D eigenvalue weighted by molar-refractivity contribution is 6.05. The van der Waals surface area contributed by atoms with Crippen LogP contribution in [0.15, 0.2) is 54.7 Å². The number of nitrogens with zero attached hydrogens (tertiary/aromatic N) is 2. The molecule has 0 unspecified atom stereocenters. The molecule has 3 N–H and O–H groups in total. The molecule has 0 fully saturated rings. The molecule has 2 amide bonds. The second kappa shape index (κ2) is 6.95. The van der Waals surface area contributed by atoms with Gasteiger partial charge in [-0.2, -0.15) is 5.10 Å². The molecule has 0 saturated heterocycles. The minimum absolute atomic E-state index is 0.123. The lowest BCUT2D eigenvalue weighted by atomic mass is 10.1. The first kappa shape index (κ1) is 15.7. The number of nitrogens with one attached hydrogen (secondary N) is 1. The minimum atomic E-state index is -0.430. The van der Waals surface area contributed by atoms with Crippen LogP contribution in [0.4, 0.5) is 0 Å². The number of carbonyl (C=O) groups excluding carboxylic acids is 2. The van der Waals surface area contributed by atoms with E-state index in [-0.39, 0.29) is 18.9 Å². The molecule has 122 valence electrons. The van der Waals surface area contributed by atoms with Gasteiger partial charge in [-0.1, -0.05) is 42.5 Å². The quantitative estimate of drug-likeness (QED) is 0.728. The van der Waals surface area contributed by atoms with E-state index in [0.717, 1.165) is 10.9 Å². The molecule has 0 bridgehead atoms. The number of aromatic amines is 1.